The number of hydrogen-bond donors (Lipinski definition) is 2. The third kappa shape index (κ3) is 4.36. The lowest BCUT2D eigenvalue weighted by Crippen LogP contribution is -2.17. The zero-order valence-corrected chi connectivity index (χ0v) is 11.6. The van der Waals surface area contributed by atoms with Gasteiger partial charge >= 0.3 is 0 Å². The predicted octanol–water partition coefficient (Wildman–Crippen LogP) is 1.56. The molecule has 0 unspecified atom stereocenters. The van der Waals surface area contributed by atoms with Crippen LogP contribution in [0.5, 0.6) is 5.75 Å². The quantitative estimate of drug-likeness (QED) is 0.748. The summed E-state index contributed by atoms with van der Waals surface area (Å²) in [6, 6.07) is 4.74. The summed E-state index contributed by atoms with van der Waals surface area (Å²) in [4.78, 5) is 0. The van der Waals surface area contributed by atoms with E-state index in [9.17, 15) is 13.5 Å². The van der Waals surface area contributed by atoms with Gasteiger partial charge in [-0.15, -0.1) is 11.6 Å². The Hall–Kier alpha value is -0.980. The molecular formula is C11H16ClNO4S. The maximum Gasteiger partial charge on any atom is 0.233 e. The third-order valence-electron chi connectivity index (χ3n) is 2.15. The highest BCUT2D eigenvalue weighted by atomic mass is 35.5. The molecular weight excluding hydrogens is 278 g/mol. The smallest absolute Gasteiger partial charge is 0.233 e. The monoisotopic (exact) mass is 293 g/mol. The van der Waals surface area contributed by atoms with Crippen LogP contribution in [0.1, 0.15) is 12.5 Å². The number of benzene rings is 1. The summed E-state index contributed by atoms with van der Waals surface area (Å²) in [6.07, 6.45) is 0. The molecule has 0 saturated carbocycles. The number of hydrogen-bond acceptors (Lipinski definition) is 4. The predicted molar refractivity (Wildman–Crippen MR) is 71.7 cm³/mol. The Bertz CT molecular complexity index is 490. The molecule has 1 aromatic rings. The van der Waals surface area contributed by atoms with Gasteiger partial charge in [0.05, 0.1) is 19.0 Å². The van der Waals surface area contributed by atoms with E-state index in [1.54, 1.807) is 12.1 Å². The van der Waals surface area contributed by atoms with E-state index in [1.165, 1.54) is 6.07 Å². The summed E-state index contributed by atoms with van der Waals surface area (Å²) >= 11 is 5.40. The zero-order valence-electron chi connectivity index (χ0n) is 10.0. The molecule has 0 aliphatic carbocycles. The summed E-state index contributed by atoms with van der Waals surface area (Å²) in [7, 11) is -3.44. The van der Waals surface area contributed by atoms with Crippen LogP contribution in [-0.4, -0.2) is 31.8 Å². The van der Waals surface area contributed by atoms with Crippen molar-refractivity contribution in [3.63, 3.8) is 0 Å². The summed E-state index contributed by atoms with van der Waals surface area (Å²) in [6.45, 7) is 2.09. The first-order valence-electron chi connectivity index (χ1n) is 5.45. The Labute approximate surface area is 112 Å². The normalized spacial score (nSPS) is 11.3. The number of nitrogens with one attached hydrogen (secondary N) is 1. The molecule has 0 bridgehead atoms. The van der Waals surface area contributed by atoms with Crippen molar-refractivity contribution in [1.82, 2.24) is 0 Å². The third-order valence-corrected chi connectivity index (χ3v) is 3.85. The highest BCUT2D eigenvalue weighted by molar-refractivity contribution is 7.92. The topological polar surface area (TPSA) is 75.6 Å². The molecule has 2 N–H and O–H groups in total. The number of ether oxygens (including phenoxy) is 1. The number of aliphatic hydroxyl groups is 1. The van der Waals surface area contributed by atoms with Gasteiger partial charge in [-0.3, -0.25) is 4.72 Å². The molecule has 0 aliphatic heterocycles. The lowest BCUT2D eigenvalue weighted by Gasteiger charge is -2.11. The largest absolute Gasteiger partial charge is 0.494 e. The van der Waals surface area contributed by atoms with Crippen LogP contribution in [0.4, 0.5) is 5.69 Å². The highest BCUT2D eigenvalue weighted by Gasteiger charge is 2.11. The van der Waals surface area contributed by atoms with Gasteiger partial charge in [-0.05, 0) is 25.1 Å². The van der Waals surface area contributed by atoms with Gasteiger partial charge in [0.1, 0.15) is 5.75 Å². The Morgan fingerprint density at radius 1 is 1.44 bits per heavy atom. The number of sulfonamides is 1. The summed E-state index contributed by atoms with van der Waals surface area (Å²) in [5.41, 5.74) is 0.913. The van der Waals surface area contributed by atoms with E-state index < -0.39 is 10.0 Å². The SMILES string of the molecule is CCOc1ccc(NS(=O)(=O)CCCl)cc1CO. The molecule has 0 aliphatic rings. The number of aliphatic hydroxyl groups excluding tert-OH is 1. The van der Waals surface area contributed by atoms with Crippen molar-refractivity contribution >= 4 is 27.3 Å². The zero-order chi connectivity index (χ0) is 13.6. The average molecular weight is 294 g/mol. The van der Waals surface area contributed by atoms with E-state index in [2.05, 4.69) is 4.72 Å². The number of rotatable bonds is 7. The van der Waals surface area contributed by atoms with E-state index in [4.69, 9.17) is 16.3 Å². The molecule has 102 valence electrons. The van der Waals surface area contributed by atoms with Crippen molar-refractivity contribution in [2.75, 3.05) is 23.0 Å². The second-order valence-corrected chi connectivity index (χ2v) is 5.74. The molecule has 0 amide bonds. The molecule has 1 aromatic carbocycles. The van der Waals surface area contributed by atoms with Gasteiger partial charge in [0.15, 0.2) is 0 Å². The molecule has 0 heterocycles. The Balaban J connectivity index is 2.92. The van der Waals surface area contributed by atoms with Crippen LogP contribution in [0.25, 0.3) is 0 Å². The van der Waals surface area contributed by atoms with Gasteiger partial charge in [0.25, 0.3) is 0 Å². The standard InChI is InChI=1S/C11H16ClNO4S/c1-2-17-11-4-3-10(7-9(11)8-14)13-18(15,16)6-5-12/h3-4,7,13-14H,2,5-6,8H2,1H3. The molecule has 0 radical (unpaired) electrons. The van der Waals surface area contributed by atoms with Crippen LogP contribution in [0.3, 0.4) is 0 Å². The molecule has 0 saturated heterocycles. The van der Waals surface area contributed by atoms with E-state index in [1.807, 2.05) is 6.92 Å². The summed E-state index contributed by atoms with van der Waals surface area (Å²) in [5, 5.41) is 9.19. The number of anilines is 1. The van der Waals surface area contributed by atoms with Crippen molar-refractivity contribution in [2.45, 2.75) is 13.5 Å². The fourth-order valence-corrected chi connectivity index (χ4v) is 2.80. The van der Waals surface area contributed by atoms with Crippen LogP contribution in [0.2, 0.25) is 0 Å². The van der Waals surface area contributed by atoms with Gasteiger partial charge < -0.3 is 9.84 Å². The van der Waals surface area contributed by atoms with E-state index in [0.717, 1.165) is 0 Å². The molecule has 1 rings (SSSR count). The second-order valence-electron chi connectivity index (χ2n) is 3.52. The maximum atomic E-state index is 11.5. The molecule has 0 aromatic heterocycles. The first kappa shape index (κ1) is 15.1. The minimum atomic E-state index is -3.44. The van der Waals surface area contributed by atoms with Crippen molar-refractivity contribution in [3.05, 3.63) is 23.8 Å². The van der Waals surface area contributed by atoms with Crippen molar-refractivity contribution in [3.8, 4) is 5.75 Å². The van der Waals surface area contributed by atoms with Gasteiger partial charge in [-0.25, -0.2) is 8.42 Å². The maximum absolute atomic E-state index is 11.5. The van der Waals surface area contributed by atoms with Crippen LogP contribution < -0.4 is 9.46 Å². The Morgan fingerprint density at radius 2 is 2.17 bits per heavy atom. The van der Waals surface area contributed by atoms with Crippen molar-refractivity contribution in [1.29, 1.82) is 0 Å². The van der Waals surface area contributed by atoms with Crippen LogP contribution in [-0.2, 0) is 16.6 Å². The minimum Gasteiger partial charge on any atom is -0.494 e. The molecule has 18 heavy (non-hydrogen) atoms. The number of halogens is 1. The lowest BCUT2D eigenvalue weighted by molar-refractivity contribution is 0.267. The summed E-state index contributed by atoms with van der Waals surface area (Å²) < 4.78 is 30.7. The summed E-state index contributed by atoms with van der Waals surface area (Å²) in [5.74, 6) is 0.412. The fraction of sp³-hybridized carbons (Fsp3) is 0.455. The molecule has 0 fully saturated rings. The average Bonchev–Trinajstić information content (AvgIpc) is 2.30. The Morgan fingerprint density at radius 3 is 2.72 bits per heavy atom. The molecule has 0 atom stereocenters. The van der Waals surface area contributed by atoms with Gasteiger partial charge in [0, 0.05) is 17.1 Å². The van der Waals surface area contributed by atoms with E-state index in [0.29, 0.717) is 23.6 Å². The van der Waals surface area contributed by atoms with Gasteiger partial charge in [-0.1, -0.05) is 0 Å². The van der Waals surface area contributed by atoms with E-state index >= 15 is 0 Å². The van der Waals surface area contributed by atoms with Gasteiger partial charge in [-0.2, -0.15) is 0 Å². The van der Waals surface area contributed by atoms with Crippen LogP contribution in [0, 0.1) is 0 Å². The fourth-order valence-electron chi connectivity index (χ4n) is 1.39. The molecule has 7 heteroatoms. The second kappa shape index (κ2) is 6.82. The van der Waals surface area contributed by atoms with Crippen LogP contribution in [0.15, 0.2) is 18.2 Å². The lowest BCUT2D eigenvalue weighted by atomic mass is 10.2. The van der Waals surface area contributed by atoms with E-state index in [-0.39, 0.29) is 18.2 Å². The highest BCUT2D eigenvalue weighted by Crippen LogP contribution is 2.23. The minimum absolute atomic E-state index is 0.0270. The first-order chi connectivity index (χ1) is 8.52. The number of alkyl halides is 1. The van der Waals surface area contributed by atoms with Crippen molar-refractivity contribution in [2.24, 2.45) is 0 Å². The Kier molecular flexibility index (Phi) is 5.71. The van der Waals surface area contributed by atoms with Crippen molar-refractivity contribution < 1.29 is 18.3 Å². The molecule has 5 nitrogen and oxygen atoms in total. The van der Waals surface area contributed by atoms with Crippen LogP contribution >= 0.6 is 11.6 Å². The van der Waals surface area contributed by atoms with Gasteiger partial charge in [0.2, 0.25) is 10.0 Å². The first-order valence-corrected chi connectivity index (χ1v) is 7.64. The molecule has 0 spiro atoms.